The third kappa shape index (κ3) is 2.64. The number of rotatable bonds is 3. The molecule has 2 heterocycles. The average Bonchev–Trinajstić information content (AvgIpc) is 3.11. The Balaban J connectivity index is 1.91. The van der Waals surface area contributed by atoms with Gasteiger partial charge in [0, 0.05) is 19.3 Å². The fourth-order valence-corrected chi connectivity index (χ4v) is 4.25. The summed E-state index contributed by atoms with van der Waals surface area (Å²) in [5.41, 5.74) is 6.61. The monoisotopic (exact) mass is 314 g/mol. The Labute approximate surface area is 134 Å². The number of nitriles is 1. The lowest BCUT2D eigenvalue weighted by atomic mass is 10.0. The van der Waals surface area contributed by atoms with E-state index in [0.717, 1.165) is 12.1 Å². The Hall–Kier alpha value is -2.13. The van der Waals surface area contributed by atoms with E-state index in [2.05, 4.69) is 30.1 Å². The molecule has 22 heavy (non-hydrogen) atoms. The first kappa shape index (κ1) is 14.8. The molecule has 0 saturated carbocycles. The minimum atomic E-state index is -0.392. The minimum absolute atomic E-state index is 0.0368. The predicted octanol–water partition coefficient (Wildman–Crippen LogP) is 1.86. The number of hydrogen-bond donors (Lipinski definition) is 1. The van der Waals surface area contributed by atoms with Gasteiger partial charge in [-0.1, -0.05) is 49.0 Å². The number of nitrogens with zero attached hydrogens (tertiary/aromatic N) is 3. The summed E-state index contributed by atoms with van der Waals surface area (Å²) in [4.78, 5) is 16.1. The van der Waals surface area contributed by atoms with Gasteiger partial charge in [0.25, 0.3) is 5.91 Å². The molecule has 2 aliphatic heterocycles. The van der Waals surface area contributed by atoms with Crippen LogP contribution in [0.3, 0.4) is 0 Å². The Kier molecular flexibility index (Phi) is 3.99. The van der Waals surface area contributed by atoms with E-state index >= 15 is 0 Å². The van der Waals surface area contributed by atoms with Crippen LogP contribution in [0, 0.1) is 17.4 Å². The zero-order valence-corrected chi connectivity index (χ0v) is 13.2. The number of amides is 1. The lowest BCUT2D eigenvalue weighted by Gasteiger charge is -2.32. The second-order valence-corrected chi connectivity index (χ2v) is 6.86. The van der Waals surface area contributed by atoms with E-state index in [-0.39, 0.29) is 11.4 Å². The van der Waals surface area contributed by atoms with E-state index in [0.29, 0.717) is 17.4 Å². The Morgan fingerprint density at radius 1 is 1.36 bits per heavy atom. The van der Waals surface area contributed by atoms with Gasteiger partial charge < -0.3 is 15.5 Å². The molecule has 1 unspecified atom stereocenters. The van der Waals surface area contributed by atoms with E-state index in [4.69, 9.17) is 11.0 Å². The van der Waals surface area contributed by atoms with Crippen molar-refractivity contribution in [3.63, 3.8) is 0 Å². The Bertz CT molecular complexity index is 639. The molecule has 1 saturated heterocycles. The first-order valence-electron chi connectivity index (χ1n) is 7.25. The summed E-state index contributed by atoms with van der Waals surface area (Å²) >= 11 is 1.49. The van der Waals surface area contributed by atoms with Crippen LogP contribution >= 0.6 is 11.8 Å². The first-order valence-corrected chi connectivity index (χ1v) is 8.13. The summed E-state index contributed by atoms with van der Waals surface area (Å²) in [5.74, 6) is -0.0360. The fraction of sp³-hybridized carbons (Fsp3) is 0.375. The quantitative estimate of drug-likeness (QED) is 0.862. The van der Waals surface area contributed by atoms with Gasteiger partial charge in [0.1, 0.15) is 5.37 Å². The highest BCUT2D eigenvalue weighted by molar-refractivity contribution is 8.04. The normalized spacial score (nSPS) is 27.6. The summed E-state index contributed by atoms with van der Waals surface area (Å²) in [5, 5.41) is 9.17. The second-order valence-electron chi connectivity index (χ2n) is 5.74. The maximum atomic E-state index is 11.6. The molecule has 6 heteroatoms. The van der Waals surface area contributed by atoms with Gasteiger partial charge in [-0.05, 0) is 11.5 Å². The minimum Gasteiger partial charge on any atom is -0.365 e. The molecule has 1 aromatic rings. The van der Waals surface area contributed by atoms with Crippen LogP contribution in [0.5, 0.6) is 0 Å². The zero-order valence-electron chi connectivity index (χ0n) is 12.3. The number of hydrogen-bond acceptors (Lipinski definition) is 5. The average molecular weight is 314 g/mol. The second kappa shape index (κ2) is 5.93. The Morgan fingerprint density at radius 3 is 2.68 bits per heavy atom. The largest absolute Gasteiger partial charge is 0.365 e. The van der Waals surface area contributed by atoms with Crippen LogP contribution < -0.4 is 5.73 Å². The predicted molar refractivity (Wildman–Crippen MR) is 86.0 cm³/mol. The van der Waals surface area contributed by atoms with Crippen molar-refractivity contribution in [2.24, 2.45) is 11.7 Å². The molecule has 3 rings (SSSR count). The maximum absolute atomic E-state index is 11.6. The molecule has 3 atom stereocenters. The third-order valence-electron chi connectivity index (χ3n) is 4.20. The van der Waals surface area contributed by atoms with Crippen molar-refractivity contribution in [1.29, 1.82) is 5.26 Å². The van der Waals surface area contributed by atoms with Crippen LogP contribution in [0.4, 0.5) is 0 Å². The molecule has 0 spiro atoms. The number of thioether (sulfide) groups is 1. The molecule has 2 N–H and O–H groups in total. The number of likely N-dealkylation sites (tertiary alicyclic amines) is 1. The van der Waals surface area contributed by atoms with Gasteiger partial charge in [-0.25, -0.2) is 0 Å². The van der Waals surface area contributed by atoms with Crippen molar-refractivity contribution in [2.75, 3.05) is 13.1 Å². The maximum Gasteiger partial charge on any atom is 0.256 e. The molecule has 5 nitrogen and oxygen atoms in total. The van der Waals surface area contributed by atoms with Crippen LogP contribution in [-0.2, 0) is 4.79 Å². The molecule has 0 aliphatic carbocycles. The van der Waals surface area contributed by atoms with Crippen LogP contribution in [0.25, 0.3) is 0 Å². The van der Waals surface area contributed by atoms with Gasteiger partial charge in [0.2, 0.25) is 0 Å². The smallest absolute Gasteiger partial charge is 0.256 e. The van der Waals surface area contributed by atoms with Crippen LogP contribution in [0.15, 0.2) is 41.4 Å². The third-order valence-corrected chi connectivity index (χ3v) is 5.50. The molecule has 1 aromatic carbocycles. The molecule has 114 valence electrons. The Morgan fingerprint density at radius 2 is 2.09 bits per heavy atom. The van der Waals surface area contributed by atoms with E-state index in [1.165, 1.54) is 11.8 Å². The number of nitrogens with two attached hydrogens (primary N) is 1. The van der Waals surface area contributed by atoms with Crippen molar-refractivity contribution >= 4 is 17.7 Å². The molecular formula is C16H18N4OS. The highest BCUT2D eigenvalue weighted by atomic mass is 32.2. The standard InChI is InChI=1S/C16H18N4OS/c1-11-7-19(10-17)8-13(11)20-9-14(15(18)21)22-16(20)12-5-3-2-4-6-12/h2-6,9,11,13,16H,7-8H2,1H3,(H2,18,21)/t11-,13-,16?/m0/s1. The molecular weight excluding hydrogens is 296 g/mol. The van der Waals surface area contributed by atoms with E-state index in [1.54, 1.807) is 4.90 Å². The van der Waals surface area contributed by atoms with Gasteiger partial charge in [-0.2, -0.15) is 5.26 Å². The molecule has 0 radical (unpaired) electrons. The molecule has 1 amide bonds. The van der Waals surface area contributed by atoms with Crippen LogP contribution in [0.1, 0.15) is 17.9 Å². The summed E-state index contributed by atoms with van der Waals surface area (Å²) in [6.45, 7) is 3.58. The van der Waals surface area contributed by atoms with E-state index in [9.17, 15) is 4.79 Å². The lowest BCUT2D eigenvalue weighted by molar-refractivity contribution is -0.113. The van der Waals surface area contributed by atoms with Gasteiger partial charge >= 0.3 is 0 Å². The summed E-state index contributed by atoms with van der Waals surface area (Å²) in [6.07, 6.45) is 4.09. The van der Waals surface area contributed by atoms with Crippen molar-refractivity contribution in [2.45, 2.75) is 18.3 Å². The molecule has 0 bridgehead atoms. The highest BCUT2D eigenvalue weighted by Gasteiger charge is 2.40. The topological polar surface area (TPSA) is 73.4 Å². The van der Waals surface area contributed by atoms with Crippen molar-refractivity contribution in [1.82, 2.24) is 9.80 Å². The summed E-state index contributed by atoms with van der Waals surface area (Å²) in [7, 11) is 0. The van der Waals surface area contributed by atoms with Gasteiger partial charge in [-0.3, -0.25) is 4.79 Å². The number of carbonyl (C=O) groups excluding carboxylic acids is 1. The van der Waals surface area contributed by atoms with Gasteiger partial charge in [-0.15, -0.1) is 0 Å². The summed E-state index contributed by atoms with van der Waals surface area (Å²) < 4.78 is 0. The van der Waals surface area contributed by atoms with Crippen LogP contribution in [-0.4, -0.2) is 34.8 Å². The first-order chi connectivity index (χ1) is 10.6. The van der Waals surface area contributed by atoms with Gasteiger partial charge in [0.05, 0.1) is 10.9 Å². The fourth-order valence-electron chi connectivity index (χ4n) is 3.08. The molecule has 0 aromatic heterocycles. The summed E-state index contributed by atoms with van der Waals surface area (Å²) in [6, 6.07) is 10.3. The van der Waals surface area contributed by atoms with Crippen molar-refractivity contribution < 1.29 is 4.79 Å². The van der Waals surface area contributed by atoms with Gasteiger partial charge in [0.15, 0.2) is 6.19 Å². The molecule has 2 aliphatic rings. The lowest BCUT2D eigenvalue weighted by Crippen LogP contribution is -2.36. The molecule has 1 fully saturated rings. The van der Waals surface area contributed by atoms with E-state index < -0.39 is 5.91 Å². The SMILES string of the molecule is C[C@H]1CN(C#N)C[C@@H]1N1C=C(C(N)=O)SC1c1ccccc1. The van der Waals surface area contributed by atoms with Crippen molar-refractivity contribution in [3.8, 4) is 6.19 Å². The zero-order chi connectivity index (χ0) is 15.7. The number of carbonyl (C=O) groups is 1. The number of primary amides is 1. The van der Waals surface area contributed by atoms with E-state index in [1.807, 2.05) is 24.4 Å². The highest BCUT2D eigenvalue weighted by Crippen LogP contribution is 2.46. The van der Waals surface area contributed by atoms with Crippen LogP contribution in [0.2, 0.25) is 0 Å². The van der Waals surface area contributed by atoms with Crippen molar-refractivity contribution in [3.05, 3.63) is 47.0 Å². The number of benzene rings is 1.